The van der Waals surface area contributed by atoms with Crippen LogP contribution in [0.1, 0.15) is 18.9 Å². The zero-order chi connectivity index (χ0) is 27.3. The van der Waals surface area contributed by atoms with Gasteiger partial charge in [0.25, 0.3) is 5.91 Å². The first-order valence-corrected chi connectivity index (χ1v) is 14.5. The van der Waals surface area contributed by atoms with E-state index in [-0.39, 0.29) is 19.1 Å². The molecule has 39 heavy (non-hydrogen) atoms. The first kappa shape index (κ1) is 25.6. The van der Waals surface area contributed by atoms with Gasteiger partial charge in [-0.1, -0.05) is 54.6 Å². The number of nitrogens with one attached hydrogen (secondary N) is 1. The first-order chi connectivity index (χ1) is 18.9. The van der Waals surface area contributed by atoms with Crippen LogP contribution in [0.5, 0.6) is 0 Å². The van der Waals surface area contributed by atoms with Crippen LogP contribution in [0.4, 0.5) is 11.4 Å². The third kappa shape index (κ3) is 3.71. The Morgan fingerprint density at radius 1 is 0.974 bits per heavy atom. The van der Waals surface area contributed by atoms with Crippen molar-refractivity contribution < 1.29 is 23.9 Å². The molecule has 3 heterocycles. The minimum Gasteiger partial charge on any atom is -0.465 e. The van der Waals surface area contributed by atoms with Crippen LogP contribution in [-0.4, -0.2) is 54.9 Å². The number of hydrogen-bond donors (Lipinski definition) is 1. The number of esters is 1. The smallest absolute Gasteiger partial charge is 0.326 e. The monoisotopic (exact) mass is 543 g/mol. The fourth-order valence-corrected chi connectivity index (χ4v) is 7.06. The maximum Gasteiger partial charge on any atom is 0.326 e. The number of ether oxygens (including phenoxy) is 1. The lowest BCUT2D eigenvalue weighted by molar-refractivity contribution is -0.142. The Hall–Kier alpha value is -3.69. The number of imide groups is 1. The molecule has 3 aromatic carbocycles. The lowest BCUT2D eigenvalue weighted by Crippen LogP contribution is -2.55. The number of anilines is 2. The summed E-state index contributed by atoms with van der Waals surface area (Å²) in [6.07, 6.45) is 2.60. The van der Waals surface area contributed by atoms with Crippen LogP contribution in [0, 0.1) is 11.8 Å². The summed E-state index contributed by atoms with van der Waals surface area (Å²) in [6, 6.07) is 20.0. The van der Waals surface area contributed by atoms with E-state index in [0.717, 1.165) is 16.5 Å². The van der Waals surface area contributed by atoms with E-state index in [2.05, 4.69) is 5.32 Å². The second-order valence-electron chi connectivity index (χ2n) is 10.1. The van der Waals surface area contributed by atoms with Gasteiger partial charge in [0.05, 0.1) is 24.1 Å². The SMILES string of the molecule is CCOC(=O)CN1C(=O)[C@@]2(N[C@@H](CCSC)[C@H]3C(=O)N(c4cccc5ccccc45)C(=O)[C@H]32)c2ccccc21. The number of rotatable bonds is 7. The number of fused-ring (bicyclic) bond motifs is 5. The molecule has 8 nitrogen and oxygen atoms in total. The minimum absolute atomic E-state index is 0.195. The summed E-state index contributed by atoms with van der Waals surface area (Å²) >= 11 is 1.65. The van der Waals surface area contributed by atoms with E-state index in [1.807, 2.05) is 54.8 Å². The van der Waals surface area contributed by atoms with Gasteiger partial charge < -0.3 is 4.74 Å². The predicted octanol–water partition coefficient (Wildman–Crippen LogP) is 3.48. The normalized spacial score (nSPS) is 25.6. The van der Waals surface area contributed by atoms with Crippen LogP contribution >= 0.6 is 11.8 Å². The van der Waals surface area contributed by atoms with Gasteiger partial charge in [0.2, 0.25) is 11.8 Å². The molecule has 0 saturated carbocycles. The Labute approximate surface area is 230 Å². The number of carbonyl (C=O) groups is 4. The highest BCUT2D eigenvalue weighted by Gasteiger charge is 2.71. The van der Waals surface area contributed by atoms with E-state index in [4.69, 9.17) is 4.74 Å². The van der Waals surface area contributed by atoms with Crippen molar-refractivity contribution in [1.82, 2.24) is 5.32 Å². The molecule has 3 aliphatic heterocycles. The van der Waals surface area contributed by atoms with Crippen LogP contribution in [0.15, 0.2) is 66.7 Å². The molecule has 2 saturated heterocycles. The van der Waals surface area contributed by atoms with Gasteiger partial charge in [0.1, 0.15) is 12.1 Å². The minimum atomic E-state index is -1.46. The number of nitrogens with zero attached hydrogens (tertiary/aromatic N) is 2. The largest absolute Gasteiger partial charge is 0.465 e. The summed E-state index contributed by atoms with van der Waals surface area (Å²) in [5, 5.41) is 5.21. The molecule has 4 atom stereocenters. The number of para-hydroxylation sites is 1. The number of thioether (sulfide) groups is 1. The topological polar surface area (TPSA) is 96.0 Å². The molecule has 200 valence electrons. The van der Waals surface area contributed by atoms with E-state index >= 15 is 0 Å². The lowest BCUT2D eigenvalue weighted by Gasteiger charge is -2.30. The fourth-order valence-electron chi connectivity index (χ4n) is 6.57. The average molecular weight is 544 g/mol. The summed E-state index contributed by atoms with van der Waals surface area (Å²) in [7, 11) is 0. The molecule has 1 spiro atoms. The van der Waals surface area contributed by atoms with E-state index in [1.54, 1.807) is 36.9 Å². The van der Waals surface area contributed by atoms with Gasteiger partial charge in [-0.15, -0.1) is 0 Å². The van der Waals surface area contributed by atoms with Crippen LogP contribution in [0.2, 0.25) is 0 Å². The Morgan fingerprint density at radius 2 is 1.69 bits per heavy atom. The molecule has 0 aromatic heterocycles. The fraction of sp³-hybridized carbons (Fsp3) is 0.333. The zero-order valence-electron chi connectivity index (χ0n) is 21.8. The molecule has 6 rings (SSSR count). The Balaban J connectivity index is 1.50. The Morgan fingerprint density at radius 3 is 2.49 bits per heavy atom. The van der Waals surface area contributed by atoms with Gasteiger partial charge in [0, 0.05) is 22.7 Å². The van der Waals surface area contributed by atoms with Gasteiger partial charge in [-0.2, -0.15) is 11.8 Å². The molecule has 3 amide bonds. The highest BCUT2D eigenvalue weighted by atomic mass is 32.2. The highest BCUT2D eigenvalue weighted by molar-refractivity contribution is 7.98. The third-order valence-corrected chi connectivity index (χ3v) is 8.74. The number of benzene rings is 3. The second-order valence-corrected chi connectivity index (χ2v) is 11.1. The molecule has 0 unspecified atom stereocenters. The summed E-state index contributed by atoms with van der Waals surface area (Å²) in [4.78, 5) is 58.1. The van der Waals surface area contributed by atoms with Crippen molar-refractivity contribution in [1.29, 1.82) is 0 Å². The third-order valence-electron chi connectivity index (χ3n) is 8.10. The molecule has 3 aromatic rings. The number of hydrogen-bond acceptors (Lipinski definition) is 7. The molecule has 3 aliphatic rings. The van der Waals surface area contributed by atoms with Gasteiger partial charge >= 0.3 is 5.97 Å². The summed E-state index contributed by atoms with van der Waals surface area (Å²) in [5.74, 6) is -2.54. The maximum absolute atomic E-state index is 14.4. The van der Waals surface area contributed by atoms with Crippen LogP contribution in [-0.2, 0) is 29.5 Å². The van der Waals surface area contributed by atoms with Crippen molar-refractivity contribution in [3.8, 4) is 0 Å². The molecule has 0 bridgehead atoms. The molecule has 2 fully saturated rings. The molecule has 0 aliphatic carbocycles. The number of amides is 3. The number of carbonyl (C=O) groups excluding carboxylic acids is 4. The van der Waals surface area contributed by atoms with Crippen molar-refractivity contribution in [3.63, 3.8) is 0 Å². The van der Waals surface area contributed by atoms with Crippen molar-refractivity contribution >= 4 is 57.6 Å². The quantitative estimate of drug-likeness (QED) is 0.360. The highest BCUT2D eigenvalue weighted by Crippen LogP contribution is 2.55. The van der Waals surface area contributed by atoms with E-state index in [9.17, 15) is 19.2 Å². The van der Waals surface area contributed by atoms with Crippen LogP contribution < -0.4 is 15.1 Å². The van der Waals surface area contributed by atoms with Crippen LogP contribution in [0.25, 0.3) is 10.8 Å². The Kier molecular flexibility index (Phi) is 6.43. The van der Waals surface area contributed by atoms with Gasteiger partial charge in [-0.25, -0.2) is 4.90 Å². The van der Waals surface area contributed by atoms with Crippen molar-refractivity contribution in [2.24, 2.45) is 11.8 Å². The van der Waals surface area contributed by atoms with Crippen molar-refractivity contribution in [3.05, 3.63) is 72.3 Å². The van der Waals surface area contributed by atoms with Gasteiger partial charge in [0.15, 0.2) is 0 Å². The van der Waals surface area contributed by atoms with Crippen molar-refractivity contribution in [2.45, 2.75) is 24.9 Å². The molecule has 9 heteroatoms. The standard InChI is InChI=1S/C30H29N3O5S/c1-3-38-24(34)17-32-23-13-7-6-12-20(23)30(29(32)37)26-25(21(31-30)15-16-39-2)27(35)33(28(26)36)22-14-8-10-18-9-4-5-11-19(18)22/h4-14,21,25-26,31H,3,15-17H2,1-2H3/t21-,25+,26-,30+/m0/s1. The maximum atomic E-state index is 14.4. The van der Waals surface area contributed by atoms with Gasteiger partial charge in [-0.05, 0) is 42.9 Å². The molecule has 1 N–H and O–H groups in total. The van der Waals surface area contributed by atoms with Crippen molar-refractivity contribution in [2.75, 3.05) is 35.0 Å². The molecule has 0 radical (unpaired) electrons. The van der Waals surface area contributed by atoms with E-state index < -0.39 is 41.2 Å². The van der Waals surface area contributed by atoms with E-state index in [0.29, 0.717) is 23.4 Å². The van der Waals surface area contributed by atoms with E-state index in [1.165, 1.54) is 9.80 Å². The first-order valence-electron chi connectivity index (χ1n) is 13.1. The molecular weight excluding hydrogens is 514 g/mol. The summed E-state index contributed by atoms with van der Waals surface area (Å²) < 4.78 is 5.15. The summed E-state index contributed by atoms with van der Waals surface area (Å²) in [6.45, 7) is 1.64. The predicted molar refractivity (Wildman–Crippen MR) is 150 cm³/mol. The lowest BCUT2D eigenvalue weighted by atomic mass is 9.76. The van der Waals surface area contributed by atoms with Crippen LogP contribution in [0.3, 0.4) is 0 Å². The molecular formula is C30H29N3O5S. The second kappa shape index (κ2) is 9.81. The zero-order valence-corrected chi connectivity index (χ0v) is 22.6. The Bertz CT molecular complexity index is 1500. The summed E-state index contributed by atoms with van der Waals surface area (Å²) in [5.41, 5.74) is 0.236. The van der Waals surface area contributed by atoms with Gasteiger partial charge in [-0.3, -0.25) is 29.4 Å². The average Bonchev–Trinajstić information content (AvgIpc) is 3.51.